The molecule has 0 saturated carbocycles. The number of hydrogen-bond acceptors (Lipinski definition) is 4. The van der Waals surface area contributed by atoms with Gasteiger partial charge in [-0.15, -0.1) is 0 Å². The third kappa shape index (κ3) is 5.40. The number of sulfonamides is 1. The smallest absolute Gasteiger partial charge is 0.240 e. The third-order valence-electron chi connectivity index (χ3n) is 2.30. The summed E-state index contributed by atoms with van der Waals surface area (Å²) in [5, 5.41) is 8.59. The van der Waals surface area contributed by atoms with Crippen LogP contribution in [0, 0.1) is 11.8 Å². The molecule has 1 rings (SSSR count). The summed E-state index contributed by atoms with van der Waals surface area (Å²) >= 11 is 0. The van der Waals surface area contributed by atoms with Crippen LogP contribution in [0.2, 0.25) is 0 Å². The summed E-state index contributed by atoms with van der Waals surface area (Å²) < 4.78 is 26.0. The van der Waals surface area contributed by atoms with Gasteiger partial charge in [0.2, 0.25) is 15.9 Å². The van der Waals surface area contributed by atoms with Crippen LogP contribution < -0.4 is 10.5 Å². The van der Waals surface area contributed by atoms with E-state index in [9.17, 15) is 13.2 Å². The van der Waals surface area contributed by atoms with Gasteiger partial charge in [-0.3, -0.25) is 4.79 Å². The van der Waals surface area contributed by atoms with Crippen molar-refractivity contribution in [2.75, 3.05) is 13.2 Å². The number of nitrogens with one attached hydrogen (secondary N) is 1. The molecule has 4 N–H and O–H groups in total. The molecule has 6 nitrogen and oxygen atoms in total. The maximum atomic E-state index is 11.9. The van der Waals surface area contributed by atoms with Crippen LogP contribution >= 0.6 is 0 Å². The molecule has 0 aliphatic rings. The molecule has 0 spiro atoms. The van der Waals surface area contributed by atoms with E-state index in [4.69, 9.17) is 10.8 Å². The molecular formula is C13H16N2O4S. The van der Waals surface area contributed by atoms with E-state index in [2.05, 4.69) is 16.6 Å². The first-order valence-corrected chi connectivity index (χ1v) is 7.42. The second-order valence-electron chi connectivity index (χ2n) is 3.91. The fourth-order valence-electron chi connectivity index (χ4n) is 1.33. The van der Waals surface area contributed by atoms with Crippen molar-refractivity contribution >= 4 is 15.9 Å². The van der Waals surface area contributed by atoms with Gasteiger partial charge in [0.1, 0.15) is 0 Å². The van der Waals surface area contributed by atoms with Crippen molar-refractivity contribution in [2.45, 2.75) is 17.7 Å². The summed E-state index contributed by atoms with van der Waals surface area (Å²) in [6, 6.07) is 6.01. The Morgan fingerprint density at radius 3 is 2.50 bits per heavy atom. The number of amides is 1. The lowest BCUT2D eigenvalue weighted by molar-refractivity contribution is -0.117. The van der Waals surface area contributed by atoms with Crippen molar-refractivity contribution < 1.29 is 18.3 Å². The molecule has 1 amide bonds. The number of carbonyl (C=O) groups is 1. The fourth-order valence-corrected chi connectivity index (χ4v) is 2.36. The normalized spacial score (nSPS) is 10.7. The molecule has 0 bridgehead atoms. The zero-order valence-corrected chi connectivity index (χ0v) is 11.6. The first-order chi connectivity index (χ1) is 9.45. The van der Waals surface area contributed by atoms with Crippen LogP contribution in [-0.4, -0.2) is 32.6 Å². The molecule has 0 aromatic heterocycles. The van der Waals surface area contributed by atoms with Gasteiger partial charge in [0.15, 0.2) is 0 Å². The van der Waals surface area contributed by atoms with Gasteiger partial charge < -0.3 is 10.8 Å². The summed E-state index contributed by atoms with van der Waals surface area (Å²) in [6.07, 6.45) is 0.318. The van der Waals surface area contributed by atoms with Gasteiger partial charge in [-0.1, -0.05) is 11.8 Å². The standard InChI is InChI=1S/C13H16N2O4S/c14-13(17)8-9-15-20(18,19)12-6-4-11(5-7-12)3-1-2-10-16/h4-7,15-16H,2,8-10H2,(H2,14,17). The molecule has 108 valence electrons. The van der Waals surface area contributed by atoms with Gasteiger partial charge in [-0.25, -0.2) is 13.1 Å². The Morgan fingerprint density at radius 1 is 1.30 bits per heavy atom. The van der Waals surface area contributed by atoms with Gasteiger partial charge in [0.25, 0.3) is 0 Å². The van der Waals surface area contributed by atoms with Crippen LogP contribution in [0.15, 0.2) is 29.2 Å². The molecule has 0 heterocycles. The number of hydrogen-bond donors (Lipinski definition) is 3. The minimum absolute atomic E-state index is 0.0107. The monoisotopic (exact) mass is 296 g/mol. The number of aliphatic hydroxyl groups excluding tert-OH is 1. The quantitative estimate of drug-likeness (QED) is 0.619. The largest absolute Gasteiger partial charge is 0.395 e. The molecule has 0 saturated heterocycles. The minimum atomic E-state index is -3.64. The number of carbonyl (C=O) groups excluding carboxylic acids is 1. The lowest BCUT2D eigenvalue weighted by Gasteiger charge is -2.05. The summed E-state index contributed by atoms with van der Waals surface area (Å²) in [5.41, 5.74) is 5.59. The molecule has 7 heteroatoms. The van der Waals surface area contributed by atoms with Gasteiger partial charge in [0, 0.05) is 24.9 Å². The molecule has 0 fully saturated rings. The van der Waals surface area contributed by atoms with E-state index in [1.165, 1.54) is 12.1 Å². The maximum absolute atomic E-state index is 11.9. The predicted octanol–water partition coefficient (Wildman–Crippen LogP) is -0.426. The van der Waals surface area contributed by atoms with Crippen LogP contribution in [0.1, 0.15) is 18.4 Å². The highest BCUT2D eigenvalue weighted by atomic mass is 32.2. The number of benzene rings is 1. The van der Waals surface area contributed by atoms with Crippen LogP contribution in [0.25, 0.3) is 0 Å². The van der Waals surface area contributed by atoms with Gasteiger partial charge >= 0.3 is 0 Å². The average molecular weight is 296 g/mol. The van der Waals surface area contributed by atoms with Crippen molar-refractivity contribution in [3.63, 3.8) is 0 Å². The van der Waals surface area contributed by atoms with E-state index in [0.717, 1.165) is 0 Å². The summed E-state index contributed by atoms with van der Waals surface area (Å²) in [7, 11) is -3.64. The molecule has 0 aliphatic heterocycles. The lowest BCUT2D eigenvalue weighted by Crippen LogP contribution is -2.28. The highest BCUT2D eigenvalue weighted by Crippen LogP contribution is 2.09. The number of nitrogens with two attached hydrogens (primary N) is 1. The van der Waals surface area contributed by atoms with Gasteiger partial charge in [-0.05, 0) is 24.3 Å². The van der Waals surface area contributed by atoms with Crippen molar-refractivity contribution in [1.29, 1.82) is 0 Å². The Bertz CT molecular complexity index is 612. The predicted molar refractivity (Wildman–Crippen MR) is 74.0 cm³/mol. The number of aliphatic hydroxyl groups is 1. The number of rotatable bonds is 6. The minimum Gasteiger partial charge on any atom is -0.395 e. The second kappa shape index (κ2) is 7.65. The molecule has 1 aromatic rings. The van der Waals surface area contributed by atoms with Gasteiger partial charge in [0.05, 0.1) is 11.5 Å². The number of primary amides is 1. The van der Waals surface area contributed by atoms with Crippen molar-refractivity contribution in [3.8, 4) is 11.8 Å². The van der Waals surface area contributed by atoms with Crippen LogP contribution in [0.5, 0.6) is 0 Å². The topological polar surface area (TPSA) is 109 Å². The molecule has 20 heavy (non-hydrogen) atoms. The van der Waals surface area contributed by atoms with Crippen molar-refractivity contribution in [1.82, 2.24) is 4.72 Å². The fraction of sp³-hybridized carbons (Fsp3) is 0.308. The molecular weight excluding hydrogens is 280 g/mol. The van der Waals surface area contributed by atoms with Gasteiger partial charge in [-0.2, -0.15) is 0 Å². The molecule has 0 radical (unpaired) electrons. The van der Waals surface area contributed by atoms with E-state index in [-0.39, 0.29) is 24.5 Å². The van der Waals surface area contributed by atoms with E-state index in [1.807, 2.05) is 0 Å². The highest BCUT2D eigenvalue weighted by molar-refractivity contribution is 7.89. The van der Waals surface area contributed by atoms with Crippen LogP contribution in [-0.2, 0) is 14.8 Å². The Morgan fingerprint density at radius 2 is 1.95 bits per heavy atom. The summed E-state index contributed by atoms with van der Waals surface area (Å²) in [6.45, 7) is -0.0427. The van der Waals surface area contributed by atoms with Crippen molar-refractivity contribution in [2.24, 2.45) is 5.73 Å². The maximum Gasteiger partial charge on any atom is 0.240 e. The van der Waals surface area contributed by atoms with Crippen molar-refractivity contribution in [3.05, 3.63) is 29.8 Å². The second-order valence-corrected chi connectivity index (χ2v) is 5.68. The molecule has 0 atom stereocenters. The van der Waals surface area contributed by atoms with E-state index < -0.39 is 15.9 Å². The van der Waals surface area contributed by atoms with E-state index in [1.54, 1.807) is 12.1 Å². The van der Waals surface area contributed by atoms with Crippen LogP contribution in [0.4, 0.5) is 0 Å². The van der Waals surface area contributed by atoms with E-state index in [0.29, 0.717) is 12.0 Å². The Kier molecular flexibility index (Phi) is 6.18. The lowest BCUT2D eigenvalue weighted by atomic mass is 10.2. The first kappa shape index (κ1) is 16.2. The zero-order valence-electron chi connectivity index (χ0n) is 10.8. The molecule has 0 unspecified atom stereocenters. The molecule has 0 aliphatic carbocycles. The van der Waals surface area contributed by atoms with Crippen LogP contribution in [0.3, 0.4) is 0 Å². The SMILES string of the molecule is NC(=O)CCNS(=O)(=O)c1ccc(C#CCCO)cc1. The first-order valence-electron chi connectivity index (χ1n) is 5.93. The Labute approximate surface area is 118 Å². The summed E-state index contributed by atoms with van der Waals surface area (Å²) in [5.74, 6) is 4.97. The summed E-state index contributed by atoms with van der Waals surface area (Å²) in [4.78, 5) is 10.6. The highest BCUT2D eigenvalue weighted by Gasteiger charge is 2.13. The third-order valence-corrected chi connectivity index (χ3v) is 3.77. The van der Waals surface area contributed by atoms with E-state index >= 15 is 0 Å². The molecule has 1 aromatic carbocycles. The zero-order chi connectivity index (χ0) is 15.0. The Balaban J connectivity index is 2.72. The average Bonchev–Trinajstić information content (AvgIpc) is 2.39. The Hall–Kier alpha value is -1.88.